The molecule has 3 N–H and O–H groups in total. The molecule has 0 saturated carbocycles. The summed E-state index contributed by atoms with van der Waals surface area (Å²) in [4.78, 5) is 0. The normalized spacial score (nSPS) is 17.5. The molecule has 4 nitrogen and oxygen atoms in total. The molecule has 15 heavy (non-hydrogen) atoms. The smallest absolute Gasteiger partial charge is 0.231 e. The molecule has 1 aliphatic rings. The van der Waals surface area contributed by atoms with Gasteiger partial charge in [-0.25, -0.2) is 0 Å². The van der Waals surface area contributed by atoms with Crippen LogP contribution in [0.25, 0.3) is 0 Å². The SMILES string of the molecule is CCC(O)(CN)c1ccc2c(c1)OCO2. The van der Waals surface area contributed by atoms with Gasteiger partial charge in [0, 0.05) is 6.54 Å². The van der Waals surface area contributed by atoms with Gasteiger partial charge in [-0.1, -0.05) is 13.0 Å². The lowest BCUT2D eigenvalue weighted by Crippen LogP contribution is -2.33. The summed E-state index contributed by atoms with van der Waals surface area (Å²) in [6.45, 7) is 2.34. The topological polar surface area (TPSA) is 64.7 Å². The van der Waals surface area contributed by atoms with E-state index in [4.69, 9.17) is 15.2 Å². The highest BCUT2D eigenvalue weighted by molar-refractivity contribution is 5.46. The first kappa shape index (κ1) is 10.3. The van der Waals surface area contributed by atoms with Gasteiger partial charge in [0.25, 0.3) is 0 Å². The van der Waals surface area contributed by atoms with Gasteiger partial charge in [0.2, 0.25) is 6.79 Å². The molecule has 0 amide bonds. The van der Waals surface area contributed by atoms with Gasteiger partial charge in [-0.05, 0) is 24.1 Å². The van der Waals surface area contributed by atoms with Crippen molar-refractivity contribution in [3.8, 4) is 11.5 Å². The quantitative estimate of drug-likeness (QED) is 0.778. The van der Waals surface area contributed by atoms with Gasteiger partial charge in [0.15, 0.2) is 11.5 Å². The minimum absolute atomic E-state index is 0.198. The van der Waals surface area contributed by atoms with Gasteiger partial charge in [-0.2, -0.15) is 0 Å². The third kappa shape index (κ3) is 1.66. The highest BCUT2D eigenvalue weighted by Crippen LogP contribution is 2.36. The summed E-state index contributed by atoms with van der Waals surface area (Å²) in [6.07, 6.45) is 0.573. The molecule has 1 atom stereocenters. The van der Waals surface area contributed by atoms with Crippen LogP contribution in [-0.4, -0.2) is 18.4 Å². The van der Waals surface area contributed by atoms with E-state index in [1.165, 1.54) is 0 Å². The van der Waals surface area contributed by atoms with E-state index in [9.17, 15) is 5.11 Å². The van der Waals surface area contributed by atoms with E-state index in [2.05, 4.69) is 0 Å². The average molecular weight is 209 g/mol. The molecule has 1 aliphatic heterocycles. The van der Waals surface area contributed by atoms with Crippen molar-refractivity contribution in [3.63, 3.8) is 0 Å². The molecule has 0 aromatic heterocycles. The Morgan fingerprint density at radius 3 is 2.80 bits per heavy atom. The molecule has 0 fully saturated rings. The lowest BCUT2D eigenvalue weighted by atomic mass is 9.91. The maximum Gasteiger partial charge on any atom is 0.231 e. The summed E-state index contributed by atoms with van der Waals surface area (Å²) < 4.78 is 10.4. The lowest BCUT2D eigenvalue weighted by Gasteiger charge is -2.25. The molecule has 0 spiro atoms. The second kappa shape index (κ2) is 3.72. The van der Waals surface area contributed by atoms with Crippen molar-refractivity contribution < 1.29 is 14.6 Å². The van der Waals surface area contributed by atoms with Crippen LogP contribution in [0.3, 0.4) is 0 Å². The number of ether oxygens (including phenoxy) is 2. The third-order valence-electron chi connectivity index (χ3n) is 2.83. The van der Waals surface area contributed by atoms with E-state index in [0.29, 0.717) is 17.9 Å². The van der Waals surface area contributed by atoms with Crippen LogP contribution in [0.2, 0.25) is 0 Å². The fourth-order valence-electron chi connectivity index (χ4n) is 1.65. The van der Waals surface area contributed by atoms with Crippen LogP contribution in [0.15, 0.2) is 18.2 Å². The van der Waals surface area contributed by atoms with Crippen LogP contribution < -0.4 is 15.2 Å². The van der Waals surface area contributed by atoms with E-state index in [0.717, 1.165) is 5.56 Å². The van der Waals surface area contributed by atoms with Gasteiger partial charge in [0.1, 0.15) is 5.60 Å². The Kier molecular flexibility index (Phi) is 2.54. The minimum Gasteiger partial charge on any atom is -0.454 e. The van der Waals surface area contributed by atoms with Gasteiger partial charge >= 0.3 is 0 Å². The molecule has 1 aromatic carbocycles. The van der Waals surface area contributed by atoms with E-state index >= 15 is 0 Å². The van der Waals surface area contributed by atoms with E-state index < -0.39 is 5.60 Å². The summed E-state index contributed by atoms with van der Waals surface area (Å²) in [5.41, 5.74) is 5.38. The summed E-state index contributed by atoms with van der Waals surface area (Å²) in [5.74, 6) is 1.39. The molecule has 1 heterocycles. The molecule has 0 aliphatic carbocycles. The Bertz CT molecular complexity index is 361. The van der Waals surface area contributed by atoms with Crippen LogP contribution in [0.5, 0.6) is 11.5 Å². The number of hydrogen-bond acceptors (Lipinski definition) is 4. The van der Waals surface area contributed by atoms with Gasteiger partial charge in [-0.15, -0.1) is 0 Å². The van der Waals surface area contributed by atoms with Crippen molar-refractivity contribution in [2.24, 2.45) is 5.73 Å². The first-order valence-electron chi connectivity index (χ1n) is 5.02. The lowest BCUT2D eigenvalue weighted by molar-refractivity contribution is 0.0416. The zero-order valence-corrected chi connectivity index (χ0v) is 8.69. The molecule has 4 heteroatoms. The Hall–Kier alpha value is -1.26. The van der Waals surface area contributed by atoms with E-state index in [1.54, 1.807) is 12.1 Å². The van der Waals surface area contributed by atoms with E-state index in [1.807, 2.05) is 13.0 Å². The third-order valence-corrected chi connectivity index (χ3v) is 2.83. The van der Waals surface area contributed by atoms with Crippen molar-refractivity contribution in [3.05, 3.63) is 23.8 Å². The molecule has 82 valence electrons. The van der Waals surface area contributed by atoms with Gasteiger partial charge in [-0.3, -0.25) is 0 Å². The number of nitrogens with two attached hydrogens (primary N) is 1. The molecular formula is C11H15NO3. The molecule has 0 saturated heterocycles. The highest BCUT2D eigenvalue weighted by atomic mass is 16.7. The maximum atomic E-state index is 10.2. The van der Waals surface area contributed by atoms with Crippen LogP contribution in [0, 0.1) is 0 Å². The summed E-state index contributed by atoms with van der Waals surface area (Å²) in [5, 5.41) is 10.2. The number of aliphatic hydroxyl groups is 1. The number of fused-ring (bicyclic) bond motifs is 1. The first-order valence-corrected chi connectivity index (χ1v) is 5.02. The van der Waals surface area contributed by atoms with Crippen molar-refractivity contribution in [2.45, 2.75) is 18.9 Å². The standard InChI is InChI=1S/C11H15NO3/c1-2-11(13,6-12)8-3-4-9-10(5-8)15-7-14-9/h3-5,13H,2,6-7,12H2,1H3. The Morgan fingerprint density at radius 1 is 1.40 bits per heavy atom. The van der Waals surface area contributed by atoms with Crippen LogP contribution in [0.4, 0.5) is 0 Å². The maximum absolute atomic E-state index is 10.2. The average Bonchev–Trinajstić information content (AvgIpc) is 2.74. The Balaban J connectivity index is 2.37. The summed E-state index contributed by atoms with van der Waals surface area (Å²) >= 11 is 0. The van der Waals surface area contributed by atoms with E-state index in [-0.39, 0.29) is 13.3 Å². The molecular weight excluding hydrogens is 194 g/mol. The number of rotatable bonds is 3. The second-order valence-electron chi connectivity index (χ2n) is 3.66. The van der Waals surface area contributed by atoms with Crippen molar-refractivity contribution in [1.29, 1.82) is 0 Å². The monoisotopic (exact) mass is 209 g/mol. The van der Waals surface area contributed by atoms with Gasteiger partial charge < -0.3 is 20.3 Å². The summed E-state index contributed by atoms with van der Waals surface area (Å²) in [6, 6.07) is 5.41. The van der Waals surface area contributed by atoms with Crippen molar-refractivity contribution in [2.75, 3.05) is 13.3 Å². The zero-order valence-electron chi connectivity index (χ0n) is 8.69. The molecule has 0 bridgehead atoms. The zero-order chi connectivity index (χ0) is 10.9. The predicted octanol–water partition coefficient (Wildman–Crippen LogP) is 0.972. The fraction of sp³-hybridized carbons (Fsp3) is 0.455. The van der Waals surface area contributed by atoms with Gasteiger partial charge in [0.05, 0.1) is 0 Å². The fourth-order valence-corrected chi connectivity index (χ4v) is 1.65. The number of hydrogen-bond donors (Lipinski definition) is 2. The first-order chi connectivity index (χ1) is 7.19. The van der Waals surface area contributed by atoms with Crippen molar-refractivity contribution >= 4 is 0 Å². The number of benzene rings is 1. The summed E-state index contributed by atoms with van der Waals surface area (Å²) in [7, 11) is 0. The molecule has 2 rings (SSSR count). The second-order valence-corrected chi connectivity index (χ2v) is 3.66. The molecule has 0 radical (unpaired) electrons. The predicted molar refractivity (Wildman–Crippen MR) is 55.8 cm³/mol. The highest BCUT2D eigenvalue weighted by Gasteiger charge is 2.27. The van der Waals surface area contributed by atoms with Crippen LogP contribution in [-0.2, 0) is 5.60 Å². The largest absolute Gasteiger partial charge is 0.454 e. The minimum atomic E-state index is -0.971. The Labute approximate surface area is 88.6 Å². The van der Waals surface area contributed by atoms with Crippen LogP contribution >= 0.6 is 0 Å². The van der Waals surface area contributed by atoms with Crippen molar-refractivity contribution in [1.82, 2.24) is 0 Å². The van der Waals surface area contributed by atoms with Crippen LogP contribution in [0.1, 0.15) is 18.9 Å². The molecule has 1 unspecified atom stereocenters. The Morgan fingerprint density at radius 2 is 2.13 bits per heavy atom. The molecule has 1 aromatic rings.